The number of hydrogen-bond acceptors (Lipinski definition) is 3. The maximum Gasteiger partial charge on any atom is 0.227 e. The monoisotopic (exact) mass is 240 g/mol. The molecule has 0 aromatic heterocycles. The van der Waals surface area contributed by atoms with Gasteiger partial charge in [0.15, 0.2) is 0 Å². The number of nitrogens with two attached hydrogens (primary N) is 1. The predicted molar refractivity (Wildman–Crippen MR) is 68.3 cm³/mol. The highest BCUT2D eigenvalue weighted by Gasteiger charge is 2.30. The average Bonchev–Trinajstić information content (AvgIpc) is 2.86. The number of thioether (sulfide) groups is 1. The van der Waals surface area contributed by atoms with Gasteiger partial charge in [-0.15, -0.1) is 0 Å². The Kier molecular flexibility index (Phi) is 3.92. The number of hydrogen-bond donors (Lipinski definition) is 2. The molecule has 2 rings (SSSR count). The third-order valence-electron chi connectivity index (χ3n) is 3.54. The molecule has 4 atom stereocenters. The summed E-state index contributed by atoms with van der Waals surface area (Å²) in [5, 5.41) is 3.78. The first-order chi connectivity index (χ1) is 7.70. The van der Waals surface area contributed by atoms with Gasteiger partial charge < -0.3 is 11.1 Å². The minimum Gasteiger partial charge on any atom is -0.352 e. The van der Waals surface area contributed by atoms with Crippen molar-refractivity contribution in [1.82, 2.24) is 5.32 Å². The Labute approximate surface area is 101 Å². The molecule has 0 radical (unpaired) electrons. The number of nitrogens with one attached hydrogen (secondary N) is 1. The minimum absolute atomic E-state index is 0.00175. The van der Waals surface area contributed by atoms with Crippen molar-refractivity contribution in [3.8, 4) is 0 Å². The lowest BCUT2D eigenvalue weighted by Gasteiger charge is -2.21. The van der Waals surface area contributed by atoms with Crippen LogP contribution in [0.3, 0.4) is 0 Å². The van der Waals surface area contributed by atoms with Crippen molar-refractivity contribution in [2.75, 3.05) is 6.26 Å². The Morgan fingerprint density at radius 1 is 1.44 bits per heavy atom. The van der Waals surface area contributed by atoms with Crippen LogP contribution >= 0.6 is 11.8 Å². The molecule has 1 amide bonds. The summed E-state index contributed by atoms with van der Waals surface area (Å²) in [7, 11) is 0. The van der Waals surface area contributed by atoms with E-state index in [2.05, 4.69) is 11.6 Å². The zero-order valence-electron chi connectivity index (χ0n) is 9.69. The molecule has 0 bridgehead atoms. The summed E-state index contributed by atoms with van der Waals surface area (Å²) >= 11 is 1.87. The molecular weight excluding hydrogens is 220 g/mol. The first-order valence-electron chi connectivity index (χ1n) is 5.98. The molecule has 4 unspecified atom stereocenters. The third-order valence-corrected chi connectivity index (χ3v) is 4.71. The van der Waals surface area contributed by atoms with Crippen molar-refractivity contribution in [2.24, 2.45) is 11.7 Å². The number of carbonyl (C=O) groups excluding carboxylic acids is 1. The van der Waals surface area contributed by atoms with Crippen LogP contribution in [0.25, 0.3) is 0 Å². The van der Waals surface area contributed by atoms with Gasteiger partial charge >= 0.3 is 0 Å². The van der Waals surface area contributed by atoms with E-state index >= 15 is 0 Å². The maximum atomic E-state index is 12.0. The van der Waals surface area contributed by atoms with Gasteiger partial charge in [0.25, 0.3) is 0 Å². The average molecular weight is 240 g/mol. The van der Waals surface area contributed by atoms with Gasteiger partial charge in [-0.3, -0.25) is 4.79 Å². The number of rotatable bonds is 3. The zero-order chi connectivity index (χ0) is 11.5. The summed E-state index contributed by atoms with van der Waals surface area (Å²) in [5.41, 5.74) is 5.75. The maximum absolute atomic E-state index is 12.0. The first kappa shape index (κ1) is 12.0. The summed E-state index contributed by atoms with van der Waals surface area (Å²) in [4.78, 5) is 12.0. The van der Waals surface area contributed by atoms with Gasteiger partial charge in [-0.1, -0.05) is 18.6 Å². The standard InChI is InChI=1S/C12H20N2OS/c1-16-11-4-2-3-10(11)14-12(15)8-5-6-9(13)7-8/h5-6,8-11H,2-4,7,13H2,1H3,(H,14,15). The van der Waals surface area contributed by atoms with E-state index in [1.54, 1.807) is 0 Å². The van der Waals surface area contributed by atoms with Crippen LogP contribution in [0.4, 0.5) is 0 Å². The van der Waals surface area contributed by atoms with Crippen LogP contribution < -0.4 is 11.1 Å². The van der Waals surface area contributed by atoms with Crippen LogP contribution in [0, 0.1) is 5.92 Å². The van der Waals surface area contributed by atoms with Crippen molar-refractivity contribution in [3.05, 3.63) is 12.2 Å². The Hall–Kier alpha value is -0.480. The van der Waals surface area contributed by atoms with Crippen LogP contribution in [-0.2, 0) is 4.79 Å². The SMILES string of the molecule is CSC1CCCC1NC(=O)C1C=CC(N)C1. The quantitative estimate of drug-likeness (QED) is 0.731. The molecular formula is C12H20N2OS. The molecule has 0 aliphatic heterocycles. The van der Waals surface area contributed by atoms with Crippen LogP contribution in [0.15, 0.2) is 12.2 Å². The molecule has 0 aromatic carbocycles. The summed E-state index contributed by atoms with van der Waals surface area (Å²) in [5.74, 6) is 0.160. The van der Waals surface area contributed by atoms with Crippen molar-refractivity contribution < 1.29 is 4.79 Å². The molecule has 2 aliphatic carbocycles. The molecule has 4 heteroatoms. The number of carbonyl (C=O) groups is 1. The highest BCUT2D eigenvalue weighted by atomic mass is 32.2. The second-order valence-electron chi connectivity index (χ2n) is 4.71. The fourth-order valence-electron chi connectivity index (χ4n) is 2.58. The summed E-state index contributed by atoms with van der Waals surface area (Å²) in [6.45, 7) is 0. The lowest BCUT2D eigenvalue weighted by molar-refractivity contribution is -0.124. The lowest BCUT2D eigenvalue weighted by Crippen LogP contribution is -2.41. The van der Waals surface area contributed by atoms with Gasteiger partial charge in [0.1, 0.15) is 0 Å². The van der Waals surface area contributed by atoms with Crippen molar-refractivity contribution in [1.29, 1.82) is 0 Å². The molecule has 16 heavy (non-hydrogen) atoms. The van der Waals surface area contributed by atoms with Crippen molar-refractivity contribution >= 4 is 17.7 Å². The smallest absolute Gasteiger partial charge is 0.227 e. The van der Waals surface area contributed by atoms with E-state index in [0.717, 1.165) is 12.8 Å². The van der Waals surface area contributed by atoms with E-state index in [1.165, 1.54) is 12.8 Å². The molecule has 0 aromatic rings. The molecule has 1 fully saturated rings. The van der Waals surface area contributed by atoms with Crippen LogP contribution in [0.5, 0.6) is 0 Å². The van der Waals surface area contributed by atoms with Gasteiger partial charge in [-0.25, -0.2) is 0 Å². The summed E-state index contributed by atoms with van der Waals surface area (Å²) in [6.07, 6.45) is 10.4. The summed E-state index contributed by atoms with van der Waals surface area (Å²) < 4.78 is 0. The van der Waals surface area contributed by atoms with Gasteiger partial charge in [-0.2, -0.15) is 11.8 Å². The Balaban J connectivity index is 1.85. The zero-order valence-corrected chi connectivity index (χ0v) is 10.5. The van der Waals surface area contributed by atoms with Crippen molar-refractivity contribution in [3.63, 3.8) is 0 Å². The second-order valence-corrected chi connectivity index (χ2v) is 5.79. The van der Waals surface area contributed by atoms with Crippen LogP contribution in [-0.4, -0.2) is 29.5 Å². The predicted octanol–water partition coefficient (Wildman–Crippen LogP) is 1.29. The fourth-order valence-corrected chi connectivity index (χ4v) is 3.52. The highest BCUT2D eigenvalue weighted by Crippen LogP contribution is 2.29. The Morgan fingerprint density at radius 3 is 2.88 bits per heavy atom. The highest BCUT2D eigenvalue weighted by molar-refractivity contribution is 7.99. The van der Waals surface area contributed by atoms with Gasteiger partial charge in [0.05, 0.1) is 5.92 Å². The molecule has 1 saturated carbocycles. The van der Waals surface area contributed by atoms with E-state index in [4.69, 9.17) is 5.73 Å². The Bertz CT molecular complexity index is 293. The molecule has 0 spiro atoms. The molecule has 0 heterocycles. The van der Waals surface area contributed by atoms with Gasteiger partial charge in [0, 0.05) is 17.3 Å². The largest absolute Gasteiger partial charge is 0.352 e. The minimum atomic E-state index is -0.00175. The van der Waals surface area contributed by atoms with Crippen molar-refractivity contribution in [2.45, 2.75) is 43.0 Å². The third kappa shape index (κ3) is 2.61. The van der Waals surface area contributed by atoms with E-state index in [0.29, 0.717) is 11.3 Å². The van der Waals surface area contributed by atoms with Crippen LogP contribution in [0.2, 0.25) is 0 Å². The van der Waals surface area contributed by atoms with E-state index in [9.17, 15) is 4.79 Å². The normalized spacial score (nSPS) is 37.9. The molecule has 2 aliphatic rings. The van der Waals surface area contributed by atoms with Gasteiger partial charge in [0.2, 0.25) is 5.91 Å². The second kappa shape index (κ2) is 5.23. The summed E-state index contributed by atoms with van der Waals surface area (Å²) in [6, 6.07) is 0.434. The number of amides is 1. The molecule has 3 N–H and O–H groups in total. The lowest BCUT2D eigenvalue weighted by atomic mass is 10.1. The first-order valence-corrected chi connectivity index (χ1v) is 7.26. The fraction of sp³-hybridized carbons (Fsp3) is 0.750. The van der Waals surface area contributed by atoms with E-state index in [1.807, 2.05) is 23.9 Å². The molecule has 3 nitrogen and oxygen atoms in total. The van der Waals surface area contributed by atoms with E-state index in [-0.39, 0.29) is 17.9 Å². The molecule has 90 valence electrons. The molecule has 0 saturated heterocycles. The van der Waals surface area contributed by atoms with Crippen LogP contribution in [0.1, 0.15) is 25.7 Å². The van der Waals surface area contributed by atoms with E-state index < -0.39 is 0 Å². The topological polar surface area (TPSA) is 55.1 Å². The van der Waals surface area contributed by atoms with Gasteiger partial charge in [-0.05, 0) is 25.5 Å². The Morgan fingerprint density at radius 2 is 2.25 bits per heavy atom.